The molecule has 1 radical (unpaired) electrons. The van der Waals surface area contributed by atoms with E-state index in [2.05, 4.69) is 0 Å². The van der Waals surface area contributed by atoms with Crippen molar-refractivity contribution in [2.45, 2.75) is 38.8 Å². The second-order valence-electron chi connectivity index (χ2n) is 3.44. The van der Waals surface area contributed by atoms with Crippen LogP contribution in [0.3, 0.4) is 0 Å². The van der Waals surface area contributed by atoms with E-state index in [-0.39, 0.29) is 61.8 Å². The maximum absolute atomic E-state index is 5.69. The molecular weight excluding hydrogens is 319 g/mol. The number of hydrogen-bond acceptors (Lipinski definition) is 2. The van der Waals surface area contributed by atoms with Crippen molar-refractivity contribution in [2.75, 3.05) is 0 Å². The van der Waals surface area contributed by atoms with Crippen LogP contribution in [-0.4, -0.2) is 11.1 Å². The predicted molar refractivity (Wildman–Crippen MR) is 36.5 cm³/mol. The summed E-state index contributed by atoms with van der Waals surface area (Å²) in [7, 11) is 0. The van der Waals surface area contributed by atoms with Crippen LogP contribution in [0.4, 0.5) is 0 Å². The van der Waals surface area contributed by atoms with Crippen LogP contribution in [0.5, 0.6) is 0 Å². The molecule has 0 aromatic carbocycles. The molecule has 0 saturated heterocycles. The van der Waals surface area contributed by atoms with E-state index in [1.54, 1.807) is 0 Å². The summed E-state index contributed by atoms with van der Waals surface area (Å²) in [5.41, 5.74) is 10.8. The molecule has 0 unspecified atom stereocenters. The maximum atomic E-state index is 5.69. The molecule has 0 bridgehead atoms. The Morgan fingerprint density at radius 1 is 0.727 bits per heavy atom. The summed E-state index contributed by atoms with van der Waals surface area (Å²) in [6, 6.07) is 0. The van der Waals surface area contributed by atoms with Gasteiger partial charge in [0.1, 0.15) is 0 Å². The minimum atomic E-state index is -0.285. The zero-order valence-corrected chi connectivity index (χ0v) is 11.5. The van der Waals surface area contributed by atoms with E-state index in [0.29, 0.717) is 0 Å². The number of halogens is 2. The van der Waals surface area contributed by atoms with Crippen molar-refractivity contribution in [3.05, 3.63) is 0 Å². The van der Waals surface area contributed by atoms with Crippen LogP contribution in [0.2, 0.25) is 0 Å². The summed E-state index contributed by atoms with van der Waals surface area (Å²) in [6.07, 6.45) is 0. The van der Waals surface area contributed by atoms with Gasteiger partial charge in [-0.2, -0.15) is 0 Å². The van der Waals surface area contributed by atoms with Gasteiger partial charge in [0.2, 0.25) is 0 Å². The molecule has 0 aromatic heterocycles. The van der Waals surface area contributed by atoms with Gasteiger partial charge in [-0.3, -0.25) is 0 Å². The average molecular weight is 335 g/mol. The van der Waals surface area contributed by atoms with Crippen molar-refractivity contribution in [2.24, 2.45) is 11.5 Å². The molecule has 0 aliphatic rings. The topological polar surface area (TPSA) is 52.0 Å². The molecular formula is C6H16Br2CoN2. The Bertz CT molecular complexity index is 73.6. The molecule has 0 aliphatic heterocycles. The first-order chi connectivity index (χ1) is 3.25. The van der Waals surface area contributed by atoms with Gasteiger partial charge < -0.3 is 45.4 Å². The average Bonchev–Trinajstić information content (AvgIpc) is 1.25. The zero-order valence-electron chi connectivity index (χ0n) is 7.24. The fourth-order valence-electron chi connectivity index (χ4n) is 0. The van der Waals surface area contributed by atoms with Gasteiger partial charge >= 0.3 is 16.8 Å². The second kappa shape index (κ2) is 6.85. The van der Waals surface area contributed by atoms with Gasteiger partial charge in [-0.25, -0.2) is 0 Å². The Kier molecular flexibility index (Phi) is 14.2. The summed E-state index contributed by atoms with van der Waals surface area (Å²) in [5.74, 6) is 0. The largest absolute Gasteiger partial charge is 2.00 e. The Hall–Kier alpha value is 1.39. The van der Waals surface area contributed by atoms with E-state index in [1.807, 2.05) is 27.7 Å². The van der Waals surface area contributed by atoms with Crippen LogP contribution in [-0.2, 0) is 16.8 Å². The normalized spacial score (nSPS) is 10.4. The first-order valence-electron chi connectivity index (χ1n) is 2.83. The number of rotatable bonds is 1. The monoisotopic (exact) mass is 333 g/mol. The second-order valence-corrected chi connectivity index (χ2v) is 3.44. The van der Waals surface area contributed by atoms with Crippen LogP contribution >= 0.6 is 0 Å². The molecule has 0 atom stereocenters. The Labute approximate surface area is 101 Å². The molecule has 0 rings (SSSR count). The van der Waals surface area contributed by atoms with Gasteiger partial charge in [0.15, 0.2) is 0 Å². The fourth-order valence-corrected chi connectivity index (χ4v) is 0. The fraction of sp³-hybridized carbons (Fsp3) is 1.00. The van der Waals surface area contributed by atoms with Crippen LogP contribution in [0.25, 0.3) is 0 Å². The van der Waals surface area contributed by atoms with Gasteiger partial charge in [0, 0.05) is 11.1 Å². The van der Waals surface area contributed by atoms with E-state index < -0.39 is 0 Å². The first-order valence-corrected chi connectivity index (χ1v) is 2.83. The van der Waals surface area contributed by atoms with E-state index in [1.165, 1.54) is 0 Å². The van der Waals surface area contributed by atoms with Gasteiger partial charge in [-0.15, -0.1) is 0 Å². The summed E-state index contributed by atoms with van der Waals surface area (Å²) < 4.78 is 0. The predicted octanol–water partition coefficient (Wildman–Crippen LogP) is -5.53. The van der Waals surface area contributed by atoms with E-state index in [0.717, 1.165) is 0 Å². The van der Waals surface area contributed by atoms with Crippen LogP contribution < -0.4 is 45.4 Å². The third-order valence-corrected chi connectivity index (χ3v) is 1.66. The van der Waals surface area contributed by atoms with E-state index in [9.17, 15) is 0 Å². The van der Waals surface area contributed by atoms with Crippen LogP contribution in [0, 0.1) is 0 Å². The van der Waals surface area contributed by atoms with Crippen molar-refractivity contribution in [1.82, 2.24) is 0 Å². The summed E-state index contributed by atoms with van der Waals surface area (Å²) in [6.45, 7) is 7.69. The summed E-state index contributed by atoms with van der Waals surface area (Å²) in [4.78, 5) is 0. The first kappa shape index (κ1) is 22.8. The molecule has 0 saturated carbocycles. The van der Waals surface area contributed by atoms with Gasteiger partial charge in [-0.1, -0.05) is 0 Å². The quantitative estimate of drug-likeness (QED) is 0.503. The minimum absolute atomic E-state index is 0. The standard InChI is InChI=1S/C6H16N2.2BrH.Co/c1-5(2,7)6(3,4)8;;;/h7-8H2,1-4H3;2*1H;/q;;;+2/p-2. The summed E-state index contributed by atoms with van der Waals surface area (Å²) in [5, 5.41) is 0. The van der Waals surface area contributed by atoms with Crippen molar-refractivity contribution in [3.63, 3.8) is 0 Å². The SMILES string of the molecule is CC(C)(N)C(C)(C)N.[Br-].[Br-].[Co+2]. The third kappa shape index (κ3) is 9.30. The molecule has 0 fully saturated rings. The smallest absolute Gasteiger partial charge is 1.00 e. The third-order valence-electron chi connectivity index (χ3n) is 1.66. The molecule has 0 spiro atoms. The molecule has 73 valence electrons. The zero-order chi connectivity index (χ0) is 7.00. The summed E-state index contributed by atoms with van der Waals surface area (Å²) >= 11 is 0. The molecule has 5 heteroatoms. The van der Waals surface area contributed by atoms with E-state index in [4.69, 9.17) is 11.5 Å². The van der Waals surface area contributed by atoms with Gasteiger partial charge in [0.05, 0.1) is 0 Å². The van der Waals surface area contributed by atoms with E-state index >= 15 is 0 Å². The molecule has 0 aliphatic carbocycles. The van der Waals surface area contributed by atoms with Crippen LogP contribution in [0.1, 0.15) is 27.7 Å². The number of hydrogen-bond donors (Lipinski definition) is 2. The number of nitrogens with two attached hydrogens (primary N) is 2. The molecule has 11 heavy (non-hydrogen) atoms. The van der Waals surface area contributed by atoms with Crippen molar-refractivity contribution >= 4 is 0 Å². The Morgan fingerprint density at radius 3 is 0.818 bits per heavy atom. The van der Waals surface area contributed by atoms with Crippen molar-refractivity contribution < 1.29 is 50.7 Å². The van der Waals surface area contributed by atoms with Gasteiger partial charge in [-0.05, 0) is 27.7 Å². The maximum Gasteiger partial charge on any atom is 2.00 e. The molecule has 4 N–H and O–H groups in total. The molecule has 2 nitrogen and oxygen atoms in total. The van der Waals surface area contributed by atoms with Crippen LogP contribution in [0.15, 0.2) is 0 Å². The molecule has 0 heterocycles. The Balaban J connectivity index is -0.0000000817. The molecule has 0 amide bonds. The molecule has 0 aromatic rings. The minimum Gasteiger partial charge on any atom is -1.00 e. The van der Waals surface area contributed by atoms with Crippen molar-refractivity contribution in [1.29, 1.82) is 0 Å². The van der Waals surface area contributed by atoms with Gasteiger partial charge in [0.25, 0.3) is 0 Å². The Morgan fingerprint density at radius 2 is 0.818 bits per heavy atom. The van der Waals surface area contributed by atoms with Crippen molar-refractivity contribution in [3.8, 4) is 0 Å².